The van der Waals surface area contributed by atoms with E-state index in [0.717, 1.165) is 71.9 Å². The zero-order chi connectivity index (χ0) is 33.2. The van der Waals surface area contributed by atoms with Crippen molar-refractivity contribution in [2.24, 2.45) is 0 Å². The molecule has 2 aromatic carbocycles. The van der Waals surface area contributed by atoms with Crippen LogP contribution in [-0.4, -0.2) is 93.6 Å². The molecule has 0 radical (unpaired) electrons. The number of nitrogens with one attached hydrogen (secondary N) is 1. The van der Waals surface area contributed by atoms with Crippen molar-refractivity contribution in [2.45, 2.75) is 31.7 Å². The number of anilines is 1. The SMILES string of the molecule is O=C1CCC(N2C(=O)c3cccc(OCCCCN4CCN(c5ccc(-n6cc(Br)c(-c7ccncc7)n6)cc5)CC4)c3C2=O)C(=O)N1. The molecule has 0 spiro atoms. The number of carbonyl (C=O) groups excluding carboxylic acids is 4. The first kappa shape index (κ1) is 31.7. The lowest BCUT2D eigenvalue weighted by Crippen LogP contribution is -2.54. The molecule has 2 aromatic heterocycles. The smallest absolute Gasteiger partial charge is 0.266 e. The zero-order valence-electron chi connectivity index (χ0n) is 26.2. The number of piperidine rings is 1. The fourth-order valence-electron chi connectivity index (χ4n) is 6.46. The predicted octanol–water partition coefficient (Wildman–Crippen LogP) is 4.08. The Morgan fingerprint density at radius 3 is 2.38 bits per heavy atom. The summed E-state index contributed by atoms with van der Waals surface area (Å²) in [5.74, 6) is -1.78. The topological polar surface area (TPSA) is 130 Å². The summed E-state index contributed by atoms with van der Waals surface area (Å²) in [6.07, 6.45) is 7.41. The second-order valence-electron chi connectivity index (χ2n) is 12.0. The van der Waals surface area contributed by atoms with Crippen molar-refractivity contribution in [3.63, 3.8) is 0 Å². The number of nitrogens with zero attached hydrogens (tertiary/aromatic N) is 6. The summed E-state index contributed by atoms with van der Waals surface area (Å²) in [7, 11) is 0. The molecule has 3 aliphatic heterocycles. The minimum Gasteiger partial charge on any atom is -0.493 e. The fraction of sp³-hybridized carbons (Fsp3) is 0.314. The van der Waals surface area contributed by atoms with Crippen molar-refractivity contribution in [1.29, 1.82) is 0 Å². The van der Waals surface area contributed by atoms with Gasteiger partial charge in [-0.1, -0.05) is 6.07 Å². The molecular formula is C35H34BrN7O5. The van der Waals surface area contributed by atoms with Gasteiger partial charge >= 0.3 is 0 Å². The molecule has 13 heteroatoms. The molecule has 1 atom stereocenters. The van der Waals surface area contributed by atoms with Crippen LogP contribution in [0.2, 0.25) is 0 Å². The molecule has 3 aliphatic rings. The van der Waals surface area contributed by atoms with Gasteiger partial charge in [0.2, 0.25) is 11.8 Å². The molecule has 4 amide bonds. The van der Waals surface area contributed by atoms with Crippen molar-refractivity contribution in [3.05, 3.63) is 88.8 Å². The summed E-state index contributed by atoms with van der Waals surface area (Å²) >= 11 is 3.64. The van der Waals surface area contributed by atoms with E-state index in [1.807, 2.05) is 23.0 Å². The summed E-state index contributed by atoms with van der Waals surface area (Å²) in [5.41, 5.74) is 4.46. The van der Waals surface area contributed by atoms with Crippen LogP contribution in [-0.2, 0) is 9.59 Å². The average molecular weight is 713 g/mol. The van der Waals surface area contributed by atoms with Crippen LogP contribution in [0.3, 0.4) is 0 Å². The second-order valence-corrected chi connectivity index (χ2v) is 12.9. The number of unbranched alkanes of at least 4 members (excludes halogenated alkanes) is 1. The number of halogens is 1. The second kappa shape index (κ2) is 13.7. The number of rotatable bonds is 10. The van der Waals surface area contributed by atoms with Crippen LogP contribution < -0.4 is 15.0 Å². The molecule has 1 N–H and O–H groups in total. The van der Waals surface area contributed by atoms with E-state index in [9.17, 15) is 19.2 Å². The van der Waals surface area contributed by atoms with Gasteiger partial charge in [-0.05, 0) is 90.3 Å². The van der Waals surface area contributed by atoms with Crippen molar-refractivity contribution in [3.8, 4) is 22.7 Å². The van der Waals surface area contributed by atoms with Crippen molar-refractivity contribution in [1.82, 2.24) is 29.9 Å². The molecule has 2 fully saturated rings. The van der Waals surface area contributed by atoms with E-state index in [2.05, 4.69) is 60.3 Å². The van der Waals surface area contributed by atoms with Crippen LogP contribution >= 0.6 is 15.9 Å². The highest BCUT2D eigenvalue weighted by atomic mass is 79.9. The van der Waals surface area contributed by atoms with Gasteiger partial charge in [-0.15, -0.1) is 0 Å². The van der Waals surface area contributed by atoms with Crippen LogP contribution in [0.25, 0.3) is 16.9 Å². The highest BCUT2D eigenvalue weighted by Crippen LogP contribution is 2.34. The Balaban J connectivity index is 0.866. The summed E-state index contributed by atoms with van der Waals surface area (Å²) in [5, 5.41) is 6.99. The molecule has 1 unspecified atom stereocenters. The van der Waals surface area contributed by atoms with Gasteiger partial charge in [0.25, 0.3) is 11.8 Å². The lowest BCUT2D eigenvalue weighted by atomic mass is 10.0. The largest absolute Gasteiger partial charge is 0.493 e. The maximum Gasteiger partial charge on any atom is 0.266 e. The molecule has 0 saturated carbocycles. The Morgan fingerprint density at radius 1 is 0.875 bits per heavy atom. The first-order chi connectivity index (χ1) is 23.4. The lowest BCUT2D eigenvalue weighted by Gasteiger charge is -2.36. The Hall–Kier alpha value is -4.88. The van der Waals surface area contributed by atoms with E-state index < -0.39 is 29.7 Å². The fourth-order valence-corrected chi connectivity index (χ4v) is 6.96. The zero-order valence-corrected chi connectivity index (χ0v) is 27.8. The summed E-state index contributed by atoms with van der Waals surface area (Å²) in [6, 6.07) is 16.3. The quantitative estimate of drug-likeness (QED) is 0.191. The molecular weight excluding hydrogens is 678 g/mol. The molecule has 5 heterocycles. The summed E-state index contributed by atoms with van der Waals surface area (Å²) < 4.78 is 8.79. The normalized spacial score (nSPS) is 18.3. The van der Waals surface area contributed by atoms with Gasteiger partial charge in [0.1, 0.15) is 17.5 Å². The van der Waals surface area contributed by atoms with Crippen molar-refractivity contribution >= 4 is 45.2 Å². The van der Waals surface area contributed by atoms with Gasteiger partial charge in [0.15, 0.2) is 0 Å². The highest BCUT2D eigenvalue weighted by molar-refractivity contribution is 9.10. The minimum atomic E-state index is -1.00. The number of imide groups is 2. The van der Waals surface area contributed by atoms with Gasteiger partial charge in [0.05, 0.1) is 27.9 Å². The molecule has 0 bridgehead atoms. The molecule has 7 rings (SSSR count). The van der Waals surface area contributed by atoms with E-state index in [-0.39, 0.29) is 24.0 Å². The Kier molecular flexibility index (Phi) is 9.04. The third kappa shape index (κ3) is 6.35. The number of aromatic nitrogens is 3. The van der Waals surface area contributed by atoms with Gasteiger partial charge in [-0.3, -0.25) is 39.3 Å². The minimum absolute atomic E-state index is 0.0791. The van der Waals surface area contributed by atoms with Gasteiger partial charge in [-0.2, -0.15) is 5.10 Å². The Bertz CT molecular complexity index is 1850. The molecule has 246 valence electrons. The third-order valence-electron chi connectivity index (χ3n) is 9.03. The number of fused-ring (bicyclic) bond motifs is 1. The number of piperazine rings is 1. The average Bonchev–Trinajstić information content (AvgIpc) is 3.62. The van der Waals surface area contributed by atoms with E-state index in [1.54, 1.807) is 30.6 Å². The van der Waals surface area contributed by atoms with Gasteiger partial charge in [0, 0.05) is 62.4 Å². The number of pyridine rings is 1. The van der Waals surface area contributed by atoms with Crippen molar-refractivity contribution in [2.75, 3.05) is 44.2 Å². The standard InChI is InChI=1S/C35H34BrN7O5/c36-27-22-42(39-32(27)23-12-14-37-15-13-23)25-8-6-24(7-9-25)41-19-17-40(18-20-41)16-1-2-21-48-29-5-3-4-26-31(29)35(47)43(34(26)46)28-10-11-30(44)38-33(28)45/h3-9,12-15,22,28H,1-2,10-11,16-21H2,(H,38,44,45). The lowest BCUT2D eigenvalue weighted by molar-refractivity contribution is -0.136. The Morgan fingerprint density at radius 2 is 1.62 bits per heavy atom. The summed E-state index contributed by atoms with van der Waals surface area (Å²) in [6.45, 7) is 5.14. The number of hydrogen-bond acceptors (Lipinski definition) is 9. The number of carbonyl (C=O) groups is 4. The van der Waals surface area contributed by atoms with E-state index in [4.69, 9.17) is 9.84 Å². The maximum absolute atomic E-state index is 13.3. The van der Waals surface area contributed by atoms with E-state index in [0.29, 0.717) is 12.4 Å². The molecule has 2 saturated heterocycles. The van der Waals surface area contributed by atoms with Crippen LogP contribution in [0.4, 0.5) is 5.69 Å². The number of ether oxygens (including phenoxy) is 1. The Labute approximate surface area is 285 Å². The van der Waals surface area contributed by atoms with E-state index in [1.165, 1.54) is 5.69 Å². The van der Waals surface area contributed by atoms with E-state index >= 15 is 0 Å². The molecule has 12 nitrogen and oxygen atoms in total. The number of amides is 4. The first-order valence-corrected chi connectivity index (χ1v) is 16.9. The van der Waals surface area contributed by atoms with Crippen LogP contribution in [0.15, 0.2) is 77.7 Å². The maximum atomic E-state index is 13.3. The first-order valence-electron chi connectivity index (χ1n) is 16.1. The van der Waals surface area contributed by atoms with Gasteiger partial charge in [-0.25, -0.2) is 4.68 Å². The molecule has 4 aromatic rings. The van der Waals surface area contributed by atoms with Crippen LogP contribution in [0.1, 0.15) is 46.4 Å². The summed E-state index contributed by atoms with van der Waals surface area (Å²) in [4.78, 5) is 60.1. The predicted molar refractivity (Wildman–Crippen MR) is 181 cm³/mol. The number of hydrogen-bond donors (Lipinski definition) is 1. The van der Waals surface area contributed by atoms with Crippen LogP contribution in [0.5, 0.6) is 5.75 Å². The third-order valence-corrected chi connectivity index (χ3v) is 9.61. The number of benzene rings is 2. The van der Waals surface area contributed by atoms with Crippen molar-refractivity contribution < 1.29 is 23.9 Å². The highest BCUT2D eigenvalue weighted by Gasteiger charge is 2.46. The van der Waals surface area contributed by atoms with Gasteiger partial charge < -0.3 is 9.64 Å². The molecule has 48 heavy (non-hydrogen) atoms. The van der Waals surface area contributed by atoms with Crippen LogP contribution in [0, 0.1) is 0 Å². The monoisotopic (exact) mass is 711 g/mol. The molecule has 0 aliphatic carbocycles.